The van der Waals surface area contributed by atoms with Gasteiger partial charge < -0.3 is 14.8 Å². The highest BCUT2D eigenvalue weighted by atomic mass is 32.2. The predicted molar refractivity (Wildman–Crippen MR) is 128 cm³/mol. The average molecular weight is 487 g/mol. The third-order valence-electron chi connectivity index (χ3n) is 4.94. The maximum atomic E-state index is 13.1. The molecule has 3 rings (SSSR count). The molecule has 0 spiro atoms. The van der Waals surface area contributed by atoms with Crippen LogP contribution in [0.4, 0.5) is 10.1 Å². The van der Waals surface area contributed by atoms with Gasteiger partial charge >= 0.3 is 0 Å². The number of nitrogens with one attached hydrogen (secondary N) is 2. The van der Waals surface area contributed by atoms with Crippen molar-refractivity contribution in [2.75, 3.05) is 17.9 Å². The molecule has 0 saturated carbocycles. The molecule has 3 aromatic rings. The molecule has 180 valence electrons. The standard InChI is InChI=1S/C25H27FN2O5S/c1-4-32-23-15-8-19(16-24(23)33-5-2)17(3)27-25(29)18-6-11-21(12-7-18)28-34(30,31)22-13-9-20(26)10-14-22/h6-17,28H,4-5H2,1-3H3,(H,27,29)/t17-/m0/s1. The van der Waals surface area contributed by atoms with Crippen LogP contribution in [0.2, 0.25) is 0 Å². The van der Waals surface area contributed by atoms with Crippen LogP contribution in [-0.4, -0.2) is 27.5 Å². The van der Waals surface area contributed by atoms with E-state index in [9.17, 15) is 17.6 Å². The Kier molecular flexibility index (Phi) is 8.12. The molecule has 0 saturated heterocycles. The Hall–Kier alpha value is -3.59. The first-order chi connectivity index (χ1) is 16.2. The van der Waals surface area contributed by atoms with E-state index in [2.05, 4.69) is 10.0 Å². The predicted octanol–water partition coefficient (Wildman–Crippen LogP) is 4.91. The van der Waals surface area contributed by atoms with E-state index in [0.29, 0.717) is 30.3 Å². The van der Waals surface area contributed by atoms with Crippen LogP contribution in [0.3, 0.4) is 0 Å². The second kappa shape index (κ2) is 11.0. The largest absolute Gasteiger partial charge is 0.490 e. The first-order valence-electron chi connectivity index (χ1n) is 10.8. The van der Waals surface area contributed by atoms with E-state index in [1.165, 1.54) is 36.4 Å². The number of anilines is 1. The van der Waals surface area contributed by atoms with E-state index in [1.54, 1.807) is 0 Å². The van der Waals surface area contributed by atoms with Gasteiger partial charge in [0.15, 0.2) is 11.5 Å². The molecular formula is C25H27FN2O5S. The van der Waals surface area contributed by atoms with Crippen molar-refractivity contribution < 1.29 is 27.1 Å². The van der Waals surface area contributed by atoms with Gasteiger partial charge in [0, 0.05) is 11.3 Å². The fourth-order valence-corrected chi connectivity index (χ4v) is 4.28. The Labute approximate surface area is 199 Å². The van der Waals surface area contributed by atoms with Crippen molar-refractivity contribution in [3.8, 4) is 11.5 Å². The van der Waals surface area contributed by atoms with Crippen LogP contribution in [0, 0.1) is 5.82 Å². The first kappa shape index (κ1) is 25.0. The summed E-state index contributed by atoms with van der Waals surface area (Å²) in [6.45, 7) is 6.64. The summed E-state index contributed by atoms with van der Waals surface area (Å²) in [5.41, 5.74) is 1.50. The average Bonchev–Trinajstić information content (AvgIpc) is 2.81. The van der Waals surface area contributed by atoms with Crippen molar-refractivity contribution in [1.82, 2.24) is 5.32 Å². The molecule has 0 aromatic heterocycles. The Bertz CT molecular complexity index is 1230. The molecule has 9 heteroatoms. The molecule has 0 unspecified atom stereocenters. The van der Waals surface area contributed by atoms with Gasteiger partial charge in [-0.05, 0) is 87.0 Å². The number of amides is 1. The van der Waals surface area contributed by atoms with E-state index < -0.39 is 15.8 Å². The van der Waals surface area contributed by atoms with E-state index in [0.717, 1.165) is 17.7 Å². The number of hydrogen-bond donors (Lipinski definition) is 2. The van der Waals surface area contributed by atoms with Crippen LogP contribution in [0.5, 0.6) is 11.5 Å². The molecule has 1 atom stereocenters. The lowest BCUT2D eigenvalue weighted by Gasteiger charge is -2.18. The van der Waals surface area contributed by atoms with Gasteiger partial charge in [-0.3, -0.25) is 9.52 Å². The molecule has 0 heterocycles. The molecule has 0 fully saturated rings. The maximum Gasteiger partial charge on any atom is 0.261 e. The normalized spacial score (nSPS) is 12.0. The number of carbonyl (C=O) groups is 1. The van der Waals surface area contributed by atoms with Crippen molar-refractivity contribution in [3.05, 3.63) is 83.7 Å². The number of rotatable bonds is 10. The van der Waals surface area contributed by atoms with Crippen molar-refractivity contribution in [1.29, 1.82) is 0 Å². The molecule has 0 aliphatic carbocycles. The van der Waals surface area contributed by atoms with Gasteiger partial charge in [0.05, 0.1) is 24.2 Å². The highest BCUT2D eigenvalue weighted by molar-refractivity contribution is 7.92. The summed E-state index contributed by atoms with van der Waals surface area (Å²) in [6.07, 6.45) is 0. The summed E-state index contributed by atoms with van der Waals surface area (Å²) in [5, 5.41) is 2.92. The highest BCUT2D eigenvalue weighted by Gasteiger charge is 2.16. The Balaban J connectivity index is 1.67. The molecule has 34 heavy (non-hydrogen) atoms. The van der Waals surface area contributed by atoms with Crippen LogP contribution >= 0.6 is 0 Å². The van der Waals surface area contributed by atoms with Gasteiger partial charge in [0.2, 0.25) is 0 Å². The molecule has 2 N–H and O–H groups in total. The smallest absolute Gasteiger partial charge is 0.261 e. The minimum absolute atomic E-state index is 0.0636. The van der Waals surface area contributed by atoms with Crippen LogP contribution in [0.1, 0.15) is 42.7 Å². The third-order valence-corrected chi connectivity index (χ3v) is 6.34. The summed E-state index contributed by atoms with van der Waals surface area (Å²) in [5.74, 6) is 0.418. The van der Waals surface area contributed by atoms with E-state index in [4.69, 9.17) is 9.47 Å². The van der Waals surface area contributed by atoms with Crippen molar-refractivity contribution >= 4 is 21.6 Å². The van der Waals surface area contributed by atoms with Crippen LogP contribution in [0.25, 0.3) is 0 Å². The SMILES string of the molecule is CCOc1ccc([C@H](C)NC(=O)c2ccc(NS(=O)(=O)c3ccc(F)cc3)cc2)cc1OCC. The number of sulfonamides is 1. The molecule has 0 radical (unpaired) electrons. The molecule has 0 aliphatic heterocycles. The quantitative estimate of drug-likeness (QED) is 0.425. The number of carbonyl (C=O) groups excluding carboxylic acids is 1. The Morgan fingerprint density at radius 3 is 2.15 bits per heavy atom. The highest BCUT2D eigenvalue weighted by Crippen LogP contribution is 2.31. The molecule has 0 aliphatic rings. The molecule has 0 bridgehead atoms. The number of ether oxygens (including phenoxy) is 2. The van der Waals surface area contributed by atoms with Gasteiger partial charge in [0.1, 0.15) is 5.82 Å². The van der Waals surface area contributed by atoms with Crippen molar-refractivity contribution in [2.45, 2.75) is 31.7 Å². The lowest BCUT2D eigenvalue weighted by atomic mass is 10.1. The van der Waals surface area contributed by atoms with E-state index >= 15 is 0 Å². The first-order valence-corrected chi connectivity index (χ1v) is 12.3. The van der Waals surface area contributed by atoms with E-state index in [-0.39, 0.29) is 22.5 Å². The summed E-state index contributed by atoms with van der Waals surface area (Å²) in [7, 11) is -3.87. The lowest BCUT2D eigenvalue weighted by molar-refractivity contribution is 0.0940. The Morgan fingerprint density at radius 2 is 1.53 bits per heavy atom. The van der Waals surface area contributed by atoms with Crippen molar-refractivity contribution in [2.24, 2.45) is 0 Å². The Morgan fingerprint density at radius 1 is 0.912 bits per heavy atom. The van der Waals surface area contributed by atoms with Gasteiger partial charge in [-0.15, -0.1) is 0 Å². The zero-order valence-electron chi connectivity index (χ0n) is 19.2. The summed E-state index contributed by atoms with van der Waals surface area (Å²) < 4.78 is 51.6. The number of benzene rings is 3. The fraction of sp³-hybridized carbons (Fsp3) is 0.240. The topological polar surface area (TPSA) is 93.7 Å². The molecule has 7 nitrogen and oxygen atoms in total. The minimum Gasteiger partial charge on any atom is -0.490 e. The van der Waals surface area contributed by atoms with Crippen LogP contribution < -0.4 is 19.5 Å². The molecule has 3 aromatic carbocycles. The lowest BCUT2D eigenvalue weighted by Crippen LogP contribution is -2.26. The monoisotopic (exact) mass is 486 g/mol. The minimum atomic E-state index is -3.87. The number of halogens is 1. The summed E-state index contributed by atoms with van der Waals surface area (Å²) in [6, 6.07) is 15.7. The third kappa shape index (κ3) is 6.26. The van der Waals surface area contributed by atoms with Crippen LogP contribution in [-0.2, 0) is 10.0 Å². The zero-order chi connectivity index (χ0) is 24.7. The molecule has 1 amide bonds. The van der Waals surface area contributed by atoms with Gasteiger partial charge in [-0.2, -0.15) is 0 Å². The summed E-state index contributed by atoms with van der Waals surface area (Å²) >= 11 is 0. The second-order valence-corrected chi connectivity index (χ2v) is 9.09. The summed E-state index contributed by atoms with van der Waals surface area (Å²) in [4.78, 5) is 12.7. The second-order valence-electron chi connectivity index (χ2n) is 7.40. The van der Waals surface area contributed by atoms with E-state index in [1.807, 2.05) is 39.0 Å². The van der Waals surface area contributed by atoms with Gasteiger partial charge in [-0.25, -0.2) is 12.8 Å². The fourth-order valence-electron chi connectivity index (χ4n) is 3.22. The van der Waals surface area contributed by atoms with Crippen molar-refractivity contribution in [3.63, 3.8) is 0 Å². The molecular weight excluding hydrogens is 459 g/mol. The van der Waals surface area contributed by atoms with Gasteiger partial charge in [-0.1, -0.05) is 6.07 Å². The van der Waals surface area contributed by atoms with Gasteiger partial charge in [0.25, 0.3) is 15.9 Å². The van der Waals surface area contributed by atoms with Crippen LogP contribution in [0.15, 0.2) is 71.6 Å². The zero-order valence-corrected chi connectivity index (χ0v) is 20.0. The maximum absolute atomic E-state index is 13.1. The number of hydrogen-bond acceptors (Lipinski definition) is 5.